The maximum Gasteiger partial charge on any atom is 0.204 e. The zero-order valence-corrected chi connectivity index (χ0v) is 10.3. The Morgan fingerprint density at radius 3 is 2.47 bits per heavy atom. The van der Waals surface area contributed by atoms with Gasteiger partial charge in [-0.3, -0.25) is 4.57 Å². The number of hydrogen-bond donors (Lipinski definition) is 3. The van der Waals surface area contributed by atoms with Crippen molar-refractivity contribution in [3.05, 3.63) is 53.1 Å². The molecular formula is C15H15NO3. The summed E-state index contributed by atoms with van der Waals surface area (Å²) in [5.41, 5.74) is 1.90. The number of fused-ring (bicyclic) bond motifs is 1. The fourth-order valence-electron chi connectivity index (χ4n) is 2.49. The molecule has 1 heterocycles. The molecule has 19 heavy (non-hydrogen) atoms. The molecule has 0 saturated heterocycles. The molecule has 3 N–H and O–H groups in total. The van der Waals surface area contributed by atoms with Gasteiger partial charge in [0.2, 0.25) is 5.88 Å². The van der Waals surface area contributed by atoms with Crippen LogP contribution >= 0.6 is 0 Å². The second-order valence-corrected chi connectivity index (χ2v) is 4.63. The van der Waals surface area contributed by atoms with Crippen molar-refractivity contribution in [3.63, 3.8) is 0 Å². The smallest absolute Gasteiger partial charge is 0.204 e. The molecule has 0 saturated carbocycles. The van der Waals surface area contributed by atoms with Crippen LogP contribution in [-0.4, -0.2) is 19.9 Å². The van der Waals surface area contributed by atoms with Gasteiger partial charge in [-0.15, -0.1) is 0 Å². The summed E-state index contributed by atoms with van der Waals surface area (Å²) in [6.07, 6.45) is 4.12. The first kappa shape index (κ1) is 11.9. The Bertz CT molecular complexity index is 629. The van der Waals surface area contributed by atoms with Crippen molar-refractivity contribution in [3.8, 4) is 11.8 Å². The van der Waals surface area contributed by atoms with Gasteiger partial charge in [-0.1, -0.05) is 42.5 Å². The van der Waals surface area contributed by atoms with Gasteiger partial charge >= 0.3 is 0 Å². The highest BCUT2D eigenvalue weighted by atomic mass is 16.3. The average molecular weight is 257 g/mol. The molecule has 1 aromatic carbocycles. The minimum Gasteiger partial charge on any atom is -0.494 e. The summed E-state index contributed by atoms with van der Waals surface area (Å²) < 4.78 is 1.16. The van der Waals surface area contributed by atoms with E-state index < -0.39 is 6.23 Å². The Balaban J connectivity index is 2.11. The lowest BCUT2D eigenvalue weighted by Crippen LogP contribution is -2.08. The van der Waals surface area contributed by atoms with Crippen molar-refractivity contribution in [2.75, 3.05) is 0 Å². The van der Waals surface area contributed by atoms with Crippen LogP contribution in [0.1, 0.15) is 29.3 Å². The molecule has 0 aliphatic heterocycles. The summed E-state index contributed by atoms with van der Waals surface area (Å²) in [5.74, 6) is -0.159. The van der Waals surface area contributed by atoms with E-state index in [1.807, 2.05) is 12.1 Å². The summed E-state index contributed by atoms with van der Waals surface area (Å²) >= 11 is 0. The third kappa shape index (κ3) is 1.81. The van der Waals surface area contributed by atoms with E-state index in [9.17, 15) is 15.3 Å². The van der Waals surface area contributed by atoms with Crippen molar-refractivity contribution < 1.29 is 15.3 Å². The number of aromatic hydroxyl groups is 2. The lowest BCUT2D eigenvalue weighted by molar-refractivity contribution is 0.125. The first-order chi connectivity index (χ1) is 9.20. The molecule has 3 rings (SSSR count). The molecule has 4 heteroatoms. The predicted molar refractivity (Wildman–Crippen MR) is 71.9 cm³/mol. The van der Waals surface area contributed by atoms with Crippen LogP contribution in [-0.2, 0) is 6.42 Å². The standard InChI is InChI=1S/C15H15NO3/c17-13(10-6-2-1-3-7-10)16-14(18)11-8-4-5-9-12(11)15(16)19/h1-4,6-8,13,17-19H,5,9H2. The Labute approximate surface area is 110 Å². The maximum absolute atomic E-state index is 10.3. The highest BCUT2D eigenvalue weighted by molar-refractivity contribution is 5.65. The average Bonchev–Trinajstić information content (AvgIpc) is 2.72. The molecule has 1 aromatic heterocycles. The van der Waals surface area contributed by atoms with E-state index in [0.717, 1.165) is 11.0 Å². The lowest BCUT2D eigenvalue weighted by Gasteiger charge is -2.15. The molecular weight excluding hydrogens is 242 g/mol. The number of aromatic nitrogens is 1. The van der Waals surface area contributed by atoms with E-state index in [1.165, 1.54) is 0 Å². The van der Waals surface area contributed by atoms with E-state index in [-0.39, 0.29) is 11.8 Å². The second kappa shape index (κ2) is 4.48. The summed E-state index contributed by atoms with van der Waals surface area (Å²) in [6.45, 7) is 0. The molecule has 0 bridgehead atoms. The fourth-order valence-corrected chi connectivity index (χ4v) is 2.49. The van der Waals surface area contributed by atoms with Crippen LogP contribution in [0.2, 0.25) is 0 Å². The minimum atomic E-state index is -1.10. The summed E-state index contributed by atoms with van der Waals surface area (Å²) in [4.78, 5) is 0. The molecule has 1 aliphatic rings. The van der Waals surface area contributed by atoms with Crippen LogP contribution in [0.4, 0.5) is 0 Å². The number of aliphatic hydroxyl groups is 1. The number of rotatable bonds is 2. The molecule has 0 amide bonds. The van der Waals surface area contributed by atoms with Gasteiger partial charge in [0.15, 0.2) is 12.1 Å². The third-order valence-electron chi connectivity index (χ3n) is 3.48. The van der Waals surface area contributed by atoms with Crippen LogP contribution < -0.4 is 0 Å². The van der Waals surface area contributed by atoms with Crippen LogP contribution in [0, 0.1) is 0 Å². The van der Waals surface area contributed by atoms with Gasteiger partial charge in [0.05, 0.1) is 0 Å². The molecule has 1 atom stereocenters. The number of aliphatic hydroxyl groups excluding tert-OH is 1. The van der Waals surface area contributed by atoms with Crippen LogP contribution in [0.3, 0.4) is 0 Å². The number of benzene rings is 1. The van der Waals surface area contributed by atoms with Gasteiger partial charge in [-0.05, 0) is 12.8 Å². The Morgan fingerprint density at radius 2 is 1.79 bits per heavy atom. The van der Waals surface area contributed by atoms with E-state index >= 15 is 0 Å². The van der Waals surface area contributed by atoms with Gasteiger partial charge in [-0.25, -0.2) is 0 Å². The third-order valence-corrected chi connectivity index (χ3v) is 3.48. The molecule has 1 unspecified atom stereocenters. The zero-order chi connectivity index (χ0) is 13.4. The van der Waals surface area contributed by atoms with Crippen molar-refractivity contribution in [2.24, 2.45) is 0 Å². The Kier molecular flexibility index (Phi) is 2.80. The van der Waals surface area contributed by atoms with Gasteiger partial charge < -0.3 is 15.3 Å². The highest BCUT2D eigenvalue weighted by Crippen LogP contribution is 2.40. The zero-order valence-electron chi connectivity index (χ0n) is 10.3. The Hall–Kier alpha value is -2.20. The quantitative estimate of drug-likeness (QED) is 0.774. The lowest BCUT2D eigenvalue weighted by atomic mass is 10.0. The monoisotopic (exact) mass is 257 g/mol. The van der Waals surface area contributed by atoms with E-state index in [0.29, 0.717) is 23.1 Å². The molecule has 0 spiro atoms. The van der Waals surface area contributed by atoms with Gasteiger partial charge in [0.1, 0.15) is 0 Å². The summed E-state index contributed by atoms with van der Waals surface area (Å²) in [5, 5.41) is 30.7. The number of allylic oxidation sites excluding steroid dienone is 1. The van der Waals surface area contributed by atoms with Crippen LogP contribution in [0.15, 0.2) is 36.4 Å². The number of nitrogens with zero attached hydrogens (tertiary/aromatic N) is 1. The molecule has 0 fully saturated rings. The summed E-state index contributed by atoms with van der Waals surface area (Å²) in [7, 11) is 0. The van der Waals surface area contributed by atoms with Crippen molar-refractivity contribution in [1.82, 2.24) is 4.57 Å². The van der Waals surface area contributed by atoms with Crippen LogP contribution in [0.25, 0.3) is 6.08 Å². The largest absolute Gasteiger partial charge is 0.494 e. The fraction of sp³-hybridized carbons (Fsp3) is 0.200. The van der Waals surface area contributed by atoms with Crippen molar-refractivity contribution in [2.45, 2.75) is 19.1 Å². The number of hydrogen-bond acceptors (Lipinski definition) is 3. The minimum absolute atomic E-state index is 0.0618. The first-order valence-electron chi connectivity index (χ1n) is 6.24. The van der Waals surface area contributed by atoms with Crippen LogP contribution in [0.5, 0.6) is 11.8 Å². The van der Waals surface area contributed by atoms with E-state index in [1.54, 1.807) is 30.3 Å². The highest BCUT2D eigenvalue weighted by Gasteiger charge is 2.26. The predicted octanol–water partition coefficient (Wildman–Crippen LogP) is 2.40. The van der Waals surface area contributed by atoms with Gasteiger partial charge in [0.25, 0.3) is 0 Å². The SMILES string of the molecule is Oc1c2c(c(O)n1C(O)c1ccccc1)CCC=C2. The second-order valence-electron chi connectivity index (χ2n) is 4.63. The van der Waals surface area contributed by atoms with Gasteiger partial charge in [0, 0.05) is 16.7 Å². The maximum atomic E-state index is 10.3. The van der Waals surface area contributed by atoms with Crippen molar-refractivity contribution in [1.29, 1.82) is 0 Å². The van der Waals surface area contributed by atoms with E-state index in [2.05, 4.69) is 0 Å². The molecule has 1 aliphatic carbocycles. The first-order valence-corrected chi connectivity index (χ1v) is 6.24. The van der Waals surface area contributed by atoms with E-state index in [4.69, 9.17) is 0 Å². The molecule has 0 radical (unpaired) electrons. The van der Waals surface area contributed by atoms with Crippen molar-refractivity contribution >= 4 is 6.08 Å². The van der Waals surface area contributed by atoms with Gasteiger partial charge in [-0.2, -0.15) is 0 Å². The normalized spacial score (nSPS) is 15.2. The summed E-state index contributed by atoms with van der Waals surface area (Å²) in [6, 6.07) is 8.95. The molecule has 98 valence electrons. The molecule has 4 nitrogen and oxygen atoms in total. The topological polar surface area (TPSA) is 65.6 Å². The molecule has 2 aromatic rings. The Morgan fingerprint density at radius 1 is 1.05 bits per heavy atom.